The van der Waals surface area contributed by atoms with Crippen LogP contribution in [0.25, 0.3) is 0 Å². The number of thiophene rings is 1. The van der Waals surface area contributed by atoms with Gasteiger partial charge in [-0.1, -0.05) is 41.9 Å². The molecule has 0 aliphatic carbocycles. The highest BCUT2D eigenvalue weighted by Gasteiger charge is 2.10. The molecule has 2 rings (SSSR count). The number of benzene rings is 1. The average molecular weight is 347 g/mol. The molecule has 1 heterocycles. The van der Waals surface area contributed by atoms with Crippen LogP contribution in [0.15, 0.2) is 40.9 Å². The van der Waals surface area contributed by atoms with Crippen molar-refractivity contribution < 1.29 is 5.11 Å². The zero-order valence-corrected chi connectivity index (χ0v) is 12.7. The van der Waals surface area contributed by atoms with Gasteiger partial charge in [0.15, 0.2) is 0 Å². The van der Waals surface area contributed by atoms with Crippen molar-refractivity contribution in [3.05, 3.63) is 55.6 Å². The highest BCUT2D eigenvalue weighted by molar-refractivity contribution is 9.10. The van der Waals surface area contributed by atoms with Crippen LogP contribution in [0.2, 0.25) is 4.34 Å². The first kappa shape index (κ1) is 14.0. The molecule has 0 fully saturated rings. The summed E-state index contributed by atoms with van der Waals surface area (Å²) in [7, 11) is 0. The third kappa shape index (κ3) is 3.56. The number of halogens is 2. The SMILES string of the molecule is OC[C@@H](NCc1cc(Br)c(Cl)s1)c1ccccc1. The van der Waals surface area contributed by atoms with Gasteiger partial charge in [-0.15, -0.1) is 11.3 Å². The molecule has 1 aromatic carbocycles. The van der Waals surface area contributed by atoms with E-state index in [2.05, 4.69) is 21.2 Å². The first-order valence-corrected chi connectivity index (χ1v) is 7.52. The van der Waals surface area contributed by atoms with E-state index in [1.165, 1.54) is 11.3 Å². The lowest BCUT2D eigenvalue weighted by molar-refractivity contribution is 0.244. The van der Waals surface area contributed by atoms with Gasteiger partial charge in [-0.05, 0) is 27.6 Å². The van der Waals surface area contributed by atoms with E-state index in [0.717, 1.165) is 19.2 Å². The Bertz CT molecular complexity index is 483. The zero-order valence-electron chi connectivity index (χ0n) is 9.57. The minimum atomic E-state index is -0.0501. The second-order valence-electron chi connectivity index (χ2n) is 3.86. The van der Waals surface area contributed by atoms with E-state index in [1.54, 1.807) is 0 Å². The number of rotatable bonds is 5. The van der Waals surface area contributed by atoms with Gasteiger partial charge >= 0.3 is 0 Å². The Morgan fingerprint density at radius 3 is 2.61 bits per heavy atom. The molecule has 2 N–H and O–H groups in total. The van der Waals surface area contributed by atoms with Crippen LogP contribution < -0.4 is 5.32 Å². The van der Waals surface area contributed by atoms with Gasteiger partial charge in [0.05, 0.1) is 12.6 Å². The maximum absolute atomic E-state index is 9.42. The van der Waals surface area contributed by atoms with Crippen molar-refractivity contribution in [2.45, 2.75) is 12.6 Å². The molecule has 5 heteroatoms. The van der Waals surface area contributed by atoms with Gasteiger partial charge in [-0.3, -0.25) is 0 Å². The normalized spacial score (nSPS) is 12.6. The van der Waals surface area contributed by atoms with Gasteiger partial charge in [-0.2, -0.15) is 0 Å². The topological polar surface area (TPSA) is 32.3 Å². The molecular formula is C13H13BrClNOS. The van der Waals surface area contributed by atoms with E-state index in [1.807, 2.05) is 36.4 Å². The molecule has 2 aromatic rings. The maximum atomic E-state index is 9.42. The third-order valence-electron chi connectivity index (χ3n) is 2.60. The first-order valence-electron chi connectivity index (χ1n) is 5.53. The Balaban J connectivity index is 1.99. The van der Waals surface area contributed by atoms with Crippen LogP contribution in [0.4, 0.5) is 0 Å². The fourth-order valence-corrected chi connectivity index (χ4v) is 3.42. The summed E-state index contributed by atoms with van der Waals surface area (Å²) in [6.07, 6.45) is 0. The first-order chi connectivity index (χ1) is 8.70. The number of aliphatic hydroxyl groups excluding tert-OH is 1. The molecule has 0 unspecified atom stereocenters. The van der Waals surface area contributed by atoms with Crippen LogP contribution >= 0.6 is 38.9 Å². The van der Waals surface area contributed by atoms with E-state index in [4.69, 9.17) is 11.6 Å². The Kier molecular flexibility index (Phi) is 5.21. The van der Waals surface area contributed by atoms with Crippen LogP contribution in [0.5, 0.6) is 0 Å². The van der Waals surface area contributed by atoms with Gasteiger partial charge < -0.3 is 10.4 Å². The second-order valence-corrected chi connectivity index (χ2v) is 6.45. The molecule has 1 atom stereocenters. The van der Waals surface area contributed by atoms with Crippen LogP contribution in [0.1, 0.15) is 16.5 Å². The predicted octanol–water partition coefficient (Wildman–Crippen LogP) is 3.99. The van der Waals surface area contributed by atoms with Crippen molar-refractivity contribution in [3.63, 3.8) is 0 Å². The molecule has 0 saturated carbocycles. The van der Waals surface area contributed by atoms with Crippen LogP contribution in [0.3, 0.4) is 0 Å². The molecule has 0 radical (unpaired) electrons. The monoisotopic (exact) mass is 345 g/mol. The summed E-state index contributed by atoms with van der Waals surface area (Å²) in [6.45, 7) is 0.764. The molecule has 18 heavy (non-hydrogen) atoms. The molecule has 96 valence electrons. The summed E-state index contributed by atoms with van der Waals surface area (Å²) in [5.41, 5.74) is 1.08. The molecule has 0 saturated heterocycles. The zero-order chi connectivity index (χ0) is 13.0. The summed E-state index contributed by atoms with van der Waals surface area (Å²) in [5, 5.41) is 12.7. The number of nitrogens with one attached hydrogen (secondary N) is 1. The van der Waals surface area contributed by atoms with Crippen molar-refractivity contribution in [2.75, 3.05) is 6.61 Å². The standard InChI is InChI=1S/C13H13BrClNOS/c14-11-6-10(18-13(11)15)7-16-12(8-17)9-4-2-1-3-5-9/h1-6,12,16-17H,7-8H2/t12-/m1/s1. The fraction of sp³-hybridized carbons (Fsp3) is 0.231. The lowest BCUT2D eigenvalue weighted by atomic mass is 10.1. The Labute approximate surface area is 124 Å². The molecular weight excluding hydrogens is 334 g/mol. The van der Waals surface area contributed by atoms with Crippen LogP contribution in [-0.2, 0) is 6.54 Å². The predicted molar refractivity (Wildman–Crippen MR) is 80.1 cm³/mol. The van der Waals surface area contributed by atoms with E-state index >= 15 is 0 Å². The smallest absolute Gasteiger partial charge is 0.107 e. The van der Waals surface area contributed by atoms with Gasteiger partial charge in [0, 0.05) is 15.9 Å². The Hall–Kier alpha value is -0.390. The van der Waals surface area contributed by atoms with Crippen molar-refractivity contribution >= 4 is 38.9 Å². The van der Waals surface area contributed by atoms with Crippen molar-refractivity contribution in [1.82, 2.24) is 5.32 Å². The molecule has 0 amide bonds. The van der Waals surface area contributed by atoms with Crippen molar-refractivity contribution in [3.8, 4) is 0 Å². The van der Waals surface area contributed by atoms with Gasteiger partial charge in [-0.25, -0.2) is 0 Å². The lowest BCUT2D eigenvalue weighted by Crippen LogP contribution is -2.23. The molecule has 0 bridgehead atoms. The summed E-state index contributed by atoms with van der Waals surface area (Å²) in [5.74, 6) is 0. The summed E-state index contributed by atoms with van der Waals surface area (Å²) >= 11 is 10.9. The van der Waals surface area contributed by atoms with E-state index in [0.29, 0.717) is 6.54 Å². The number of hydrogen-bond donors (Lipinski definition) is 2. The highest BCUT2D eigenvalue weighted by Crippen LogP contribution is 2.32. The van der Waals surface area contributed by atoms with E-state index in [-0.39, 0.29) is 12.6 Å². The fourth-order valence-electron chi connectivity index (χ4n) is 1.68. The molecule has 0 spiro atoms. The quantitative estimate of drug-likeness (QED) is 0.858. The summed E-state index contributed by atoms with van der Waals surface area (Å²) in [6, 6.07) is 11.9. The minimum Gasteiger partial charge on any atom is -0.394 e. The average Bonchev–Trinajstić information content (AvgIpc) is 2.71. The molecule has 2 nitrogen and oxygen atoms in total. The van der Waals surface area contributed by atoms with Gasteiger partial charge in [0.1, 0.15) is 4.34 Å². The molecule has 1 aromatic heterocycles. The second kappa shape index (κ2) is 6.68. The van der Waals surface area contributed by atoms with Gasteiger partial charge in [0.25, 0.3) is 0 Å². The molecule has 0 aliphatic heterocycles. The lowest BCUT2D eigenvalue weighted by Gasteiger charge is -2.15. The summed E-state index contributed by atoms with van der Waals surface area (Å²) < 4.78 is 1.68. The maximum Gasteiger partial charge on any atom is 0.107 e. The van der Waals surface area contributed by atoms with Crippen molar-refractivity contribution in [1.29, 1.82) is 0 Å². The minimum absolute atomic E-state index is 0.0501. The Morgan fingerprint density at radius 1 is 1.33 bits per heavy atom. The van der Waals surface area contributed by atoms with Gasteiger partial charge in [0.2, 0.25) is 0 Å². The van der Waals surface area contributed by atoms with Crippen LogP contribution in [0, 0.1) is 0 Å². The van der Waals surface area contributed by atoms with E-state index < -0.39 is 0 Å². The number of hydrogen-bond acceptors (Lipinski definition) is 3. The van der Waals surface area contributed by atoms with E-state index in [9.17, 15) is 5.11 Å². The highest BCUT2D eigenvalue weighted by atomic mass is 79.9. The number of aliphatic hydroxyl groups is 1. The Morgan fingerprint density at radius 2 is 2.06 bits per heavy atom. The third-order valence-corrected chi connectivity index (χ3v) is 5.08. The van der Waals surface area contributed by atoms with Crippen molar-refractivity contribution in [2.24, 2.45) is 0 Å². The summed E-state index contributed by atoms with van der Waals surface area (Å²) in [4.78, 5) is 1.14. The molecule has 0 aliphatic rings. The van der Waals surface area contributed by atoms with Crippen LogP contribution in [-0.4, -0.2) is 11.7 Å². The largest absolute Gasteiger partial charge is 0.394 e.